The van der Waals surface area contributed by atoms with Crippen molar-refractivity contribution in [3.63, 3.8) is 0 Å². The largest absolute Gasteiger partial charge is 0.388 e. The lowest BCUT2D eigenvalue weighted by molar-refractivity contribution is 0.0903. The van der Waals surface area contributed by atoms with Gasteiger partial charge in [-0.15, -0.1) is 5.10 Å². The monoisotopic (exact) mass is 451 g/mol. The number of hydrogen-bond donors (Lipinski definition) is 1. The van der Waals surface area contributed by atoms with Gasteiger partial charge in [0.05, 0.1) is 11.1 Å². The number of Topliss-reactive ketones (excluding diaryl/α,β-unsaturated/α-hetero) is 1. The van der Waals surface area contributed by atoms with Crippen LogP contribution in [0.2, 0.25) is 0 Å². The summed E-state index contributed by atoms with van der Waals surface area (Å²) in [7, 11) is 0. The minimum absolute atomic E-state index is 0.297. The van der Waals surface area contributed by atoms with Crippen LogP contribution in [0.4, 0.5) is 5.95 Å². The van der Waals surface area contributed by atoms with Crippen LogP contribution in [-0.2, 0) is 6.54 Å². The van der Waals surface area contributed by atoms with Crippen LogP contribution in [0.5, 0.6) is 0 Å². The van der Waals surface area contributed by atoms with E-state index in [1.807, 2.05) is 4.68 Å². The van der Waals surface area contributed by atoms with E-state index in [9.17, 15) is 4.79 Å². The molecule has 0 bridgehead atoms. The molecule has 3 heterocycles. The number of anilines is 1. The third kappa shape index (κ3) is 5.36. The Morgan fingerprint density at radius 2 is 1.94 bits per heavy atom. The summed E-state index contributed by atoms with van der Waals surface area (Å²) in [5.74, 6) is 0.920. The fourth-order valence-electron chi connectivity index (χ4n) is 4.43. The molecule has 0 unspecified atom stereocenters. The minimum Gasteiger partial charge on any atom is -0.388 e. The van der Waals surface area contributed by atoms with E-state index in [2.05, 4.69) is 69.1 Å². The lowest BCUT2D eigenvalue weighted by atomic mass is 9.96. The molecule has 1 saturated heterocycles. The topological polar surface area (TPSA) is 100 Å². The third-order valence-electron chi connectivity index (χ3n) is 6.40. The molecule has 1 aromatic carbocycles. The lowest BCUT2D eigenvalue weighted by Crippen LogP contribution is -2.39. The number of nitrogens with zero attached hydrogens (tertiary/aromatic N) is 7. The highest BCUT2D eigenvalue weighted by Gasteiger charge is 2.23. The summed E-state index contributed by atoms with van der Waals surface area (Å²) in [4.78, 5) is 24.9. The smallest absolute Gasteiger partial charge is 0.225 e. The van der Waals surface area contributed by atoms with Gasteiger partial charge in [0.2, 0.25) is 5.95 Å². The SMILES string of the molecule is CCN(Cc1ccc2c(c1)nnn2C(C)C)CC1CCN(c2ncc(C(=O)CO)cn2)CC1. The number of benzene rings is 1. The van der Waals surface area contributed by atoms with E-state index in [1.165, 1.54) is 18.0 Å². The van der Waals surface area contributed by atoms with Crippen molar-refractivity contribution in [2.75, 3.05) is 37.7 Å². The molecule has 0 atom stereocenters. The van der Waals surface area contributed by atoms with Crippen LogP contribution in [-0.4, -0.2) is 73.5 Å². The predicted molar refractivity (Wildman–Crippen MR) is 127 cm³/mol. The molecule has 33 heavy (non-hydrogen) atoms. The second-order valence-corrected chi connectivity index (χ2v) is 9.06. The standard InChI is InChI=1S/C24H33N7O2/c1-4-29(15-19-5-6-22-21(11-19)27-28-31(22)17(2)3)14-18-7-9-30(10-8-18)24-25-12-20(13-26-24)23(33)16-32/h5-6,11-13,17-18,32H,4,7-10,14-16H2,1-3H3. The molecule has 0 aliphatic carbocycles. The molecule has 176 valence electrons. The fraction of sp³-hybridized carbons (Fsp3) is 0.542. The van der Waals surface area contributed by atoms with Gasteiger partial charge in [-0.3, -0.25) is 9.69 Å². The average molecular weight is 452 g/mol. The molecule has 3 aromatic rings. The van der Waals surface area contributed by atoms with Gasteiger partial charge in [0, 0.05) is 44.6 Å². The first-order valence-electron chi connectivity index (χ1n) is 11.8. The molecule has 2 aromatic heterocycles. The first-order chi connectivity index (χ1) is 16.0. The van der Waals surface area contributed by atoms with Gasteiger partial charge < -0.3 is 10.0 Å². The number of hydrogen-bond acceptors (Lipinski definition) is 8. The highest BCUT2D eigenvalue weighted by atomic mass is 16.3. The summed E-state index contributed by atoms with van der Waals surface area (Å²) in [5, 5.41) is 17.6. The Morgan fingerprint density at radius 1 is 1.21 bits per heavy atom. The molecule has 1 aliphatic rings. The van der Waals surface area contributed by atoms with Gasteiger partial charge in [-0.05, 0) is 56.8 Å². The molecule has 1 aliphatic heterocycles. The summed E-state index contributed by atoms with van der Waals surface area (Å²) in [6.07, 6.45) is 5.17. The van der Waals surface area contributed by atoms with Crippen molar-refractivity contribution in [3.8, 4) is 0 Å². The van der Waals surface area contributed by atoms with Crippen LogP contribution in [0, 0.1) is 5.92 Å². The Kier molecular flexibility index (Phi) is 7.29. The maximum atomic E-state index is 11.5. The van der Waals surface area contributed by atoms with E-state index >= 15 is 0 Å². The van der Waals surface area contributed by atoms with Crippen LogP contribution < -0.4 is 4.90 Å². The number of fused-ring (bicyclic) bond motifs is 1. The molecule has 0 amide bonds. The van der Waals surface area contributed by atoms with Crippen LogP contribution >= 0.6 is 0 Å². The van der Waals surface area contributed by atoms with E-state index < -0.39 is 6.61 Å². The molecule has 4 rings (SSSR count). The van der Waals surface area contributed by atoms with E-state index in [-0.39, 0.29) is 5.78 Å². The fourth-order valence-corrected chi connectivity index (χ4v) is 4.43. The molecule has 1 N–H and O–H groups in total. The van der Waals surface area contributed by atoms with E-state index in [0.29, 0.717) is 23.5 Å². The van der Waals surface area contributed by atoms with Crippen molar-refractivity contribution in [1.29, 1.82) is 0 Å². The molecule has 0 radical (unpaired) electrons. The molecule has 0 saturated carbocycles. The van der Waals surface area contributed by atoms with Crippen molar-refractivity contribution in [2.45, 2.75) is 46.2 Å². The Balaban J connectivity index is 1.31. The first-order valence-corrected chi connectivity index (χ1v) is 11.8. The summed E-state index contributed by atoms with van der Waals surface area (Å²) in [6, 6.07) is 6.79. The zero-order chi connectivity index (χ0) is 23.4. The highest BCUT2D eigenvalue weighted by Crippen LogP contribution is 2.23. The highest BCUT2D eigenvalue weighted by molar-refractivity contribution is 5.96. The Hall–Kier alpha value is -2.91. The summed E-state index contributed by atoms with van der Waals surface area (Å²) >= 11 is 0. The first kappa shape index (κ1) is 23.3. The Labute approximate surface area is 194 Å². The number of ketones is 1. The molecular formula is C24H33N7O2. The Bertz CT molecular complexity index is 1070. The lowest BCUT2D eigenvalue weighted by Gasteiger charge is -2.34. The van der Waals surface area contributed by atoms with Gasteiger partial charge in [-0.2, -0.15) is 0 Å². The maximum absolute atomic E-state index is 11.5. The third-order valence-corrected chi connectivity index (χ3v) is 6.40. The van der Waals surface area contributed by atoms with Crippen LogP contribution in [0.3, 0.4) is 0 Å². The zero-order valence-electron chi connectivity index (χ0n) is 19.7. The molecule has 9 nitrogen and oxygen atoms in total. The number of rotatable bonds is 9. The molecule has 0 spiro atoms. The molecule has 9 heteroatoms. The van der Waals surface area contributed by atoms with Crippen molar-refractivity contribution in [1.82, 2.24) is 29.9 Å². The quantitative estimate of drug-likeness (QED) is 0.496. The van der Waals surface area contributed by atoms with Crippen molar-refractivity contribution < 1.29 is 9.90 Å². The average Bonchev–Trinajstić information content (AvgIpc) is 3.27. The number of aliphatic hydroxyl groups is 1. The number of carbonyl (C=O) groups is 1. The number of carbonyl (C=O) groups excluding carboxylic acids is 1. The van der Waals surface area contributed by atoms with Gasteiger partial charge in [-0.1, -0.05) is 18.2 Å². The maximum Gasteiger partial charge on any atom is 0.225 e. The van der Waals surface area contributed by atoms with Gasteiger partial charge in [0.25, 0.3) is 0 Å². The van der Waals surface area contributed by atoms with Gasteiger partial charge in [0.15, 0.2) is 5.78 Å². The van der Waals surface area contributed by atoms with Crippen LogP contribution in [0.15, 0.2) is 30.6 Å². The summed E-state index contributed by atoms with van der Waals surface area (Å²) < 4.78 is 1.96. The van der Waals surface area contributed by atoms with E-state index in [0.717, 1.165) is 56.6 Å². The van der Waals surface area contributed by atoms with Gasteiger partial charge in [-0.25, -0.2) is 14.6 Å². The van der Waals surface area contributed by atoms with Crippen molar-refractivity contribution in [3.05, 3.63) is 41.7 Å². The minimum atomic E-state index is -0.520. The van der Waals surface area contributed by atoms with Crippen molar-refractivity contribution in [2.24, 2.45) is 5.92 Å². The Morgan fingerprint density at radius 3 is 2.58 bits per heavy atom. The van der Waals surface area contributed by atoms with Crippen LogP contribution in [0.1, 0.15) is 55.6 Å². The predicted octanol–water partition coefficient (Wildman–Crippen LogP) is 2.72. The van der Waals surface area contributed by atoms with E-state index in [1.54, 1.807) is 0 Å². The summed E-state index contributed by atoms with van der Waals surface area (Å²) in [6.45, 7) is 10.7. The van der Waals surface area contributed by atoms with Crippen LogP contribution in [0.25, 0.3) is 11.0 Å². The zero-order valence-corrected chi connectivity index (χ0v) is 19.7. The molecule has 1 fully saturated rings. The summed E-state index contributed by atoms with van der Waals surface area (Å²) in [5.41, 5.74) is 3.65. The second kappa shape index (κ2) is 10.4. The normalized spacial score (nSPS) is 15.2. The van der Waals surface area contributed by atoms with Gasteiger partial charge >= 0.3 is 0 Å². The van der Waals surface area contributed by atoms with Gasteiger partial charge in [0.1, 0.15) is 12.1 Å². The molecular weight excluding hydrogens is 418 g/mol. The van der Waals surface area contributed by atoms with Crippen molar-refractivity contribution >= 4 is 22.8 Å². The number of aromatic nitrogens is 5. The van der Waals surface area contributed by atoms with E-state index in [4.69, 9.17) is 5.11 Å². The number of aliphatic hydroxyl groups excluding tert-OH is 1. The number of piperidine rings is 1. The second-order valence-electron chi connectivity index (χ2n) is 9.06.